The van der Waals surface area contributed by atoms with Crippen LogP contribution in [0.5, 0.6) is 0 Å². The predicted octanol–water partition coefficient (Wildman–Crippen LogP) is 1.83. The Kier molecular flexibility index (Phi) is 3.49. The number of nitro benzene ring substituents is 1. The van der Waals surface area contributed by atoms with E-state index < -0.39 is 14.8 Å². The quantitative estimate of drug-likeness (QED) is 0.636. The Hall–Kier alpha value is -1.63. The summed E-state index contributed by atoms with van der Waals surface area (Å²) in [5, 5.41) is 13.7. The summed E-state index contributed by atoms with van der Waals surface area (Å²) in [6.45, 7) is 0.581. The van der Waals surface area contributed by atoms with E-state index in [0.29, 0.717) is 6.54 Å². The smallest absolute Gasteiger partial charge is 0.269 e. The van der Waals surface area contributed by atoms with Gasteiger partial charge in [-0.1, -0.05) is 0 Å². The molecular formula is C12H16N2O4S. The van der Waals surface area contributed by atoms with Gasteiger partial charge in [-0.2, -0.15) is 0 Å². The third-order valence-corrected chi connectivity index (χ3v) is 4.41. The van der Waals surface area contributed by atoms with Gasteiger partial charge in [-0.3, -0.25) is 10.1 Å². The van der Waals surface area contributed by atoms with E-state index in [1.165, 1.54) is 18.4 Å². The lowest BCUT2D eigenvalue weighted by atomic mass is 10.1. The predicted molar refractivity (Wildman–Crippen MR) is 73.0 cm³/mol. The first-order valence-corrected chi connectivity index (χ1v) is 8.02. The lowest BCUT2D eigenvalue weighted by Gasteiger charge is -2.15. The first-order valence-electron chi connectivity index (χ1n) is 5.96. The van der Waals surface area contributed by atoms with Crippen LogP contribution in [0.3, 0.4) is 0 Å². The molecule has 0 saturated heterocycles. The fourth-order valence-corrected chi connectivity index (χ4v) is 3.60. The summed E-state index contributed by atoms with van der Waals surface area (Å²) in [6.07, 6.45) is 3.05. The number of nitrogens with zero attached hydrogens (tertiary/aromatic N) is 1. The number of sulfone groups is 1. The molecule has 0 aromatic heterocycles. The molecule has 1 aromatic carbocycles. The van der Waals surface area contributed by atoms with E-state index in [1.54, 1.807) is 12.1 Å². The molecule has 0 amide bonds. The standard InChI is InChI=1S/C12H16N2O4S/c1-19(17,18)9-12(6-7-12)8-13-10-2-4-11(5-3-10)14(15)16/h2-5,13H,6-9H2,1H3. The number of rotatable bonds is 6. The first kappa shape index (κ1) is 13.8. The SMILES string of the molecule is CS(=O)(=O)CC1(CNc2ccc([N+](=O)[O-])cc2)CC1. The summed E-state index contributed by atoms with van der Waals surface area (Å²) in [5.41, 5.74) is 0.656. The Balaban J connectivity index is 1.94. The number of hydrogen-bond acceptors (Lipinski definition) is 5. The van der Waals surface area contributed by atoms with Crippen LogP contribution in [-0.2, 0) is 9.84 Å². The van der Waals surface area contributed by atoms with Gasteiger partial charge < -0.3 is 5.32 Å². The summed E-state index contributed by atoms with van der Waals surface area (Å²) in [5.74, 6) is 0.194. The lowest BCUT2D eigenvalue weighted by molar-refractivity contribution is -0.384. The van der Waals surface area contributed by atoms with Crippen LogP contribution in [-0.4, -0.2) is 31.9 Å². The van der Waals surface area contributed by atoms with Crippen molar-refractivity contribution in [2.24, 2.45) is 5.41 Å². The largest absolute Gasteiger partial charge is 0.384 e. The van der Waals surface area contributed by atoms with Crippen molar-refractivity contribution < 1.29 is 13.3 Å². The molecule has 1 saturated carbocycles. The molecule has 0 bridgehead atoms. The topological polar surface area (TPSA) is 89.3 Å². The molecule has 2 rings (SSSR count). The molecule has 6 nitrogen and oxygen atoms in total. The van der Waals surface area contributed by atoms with Crippen LogP contribution in [0.15, 0.2) is 24.3 Å². The number of hydrogen-bond donors (Lipinski definition) is 1. The Morgan fingerprint density at radius 3 is 2.32 bits per heavy atom. The number of nitro groups is 1. The van der Waals surface area contributed by atoms with E-state index >= 15 is 0 Å². The zero-order valence-electron chi connectivity index (χ0n) is 10.6. The summed E-state index contributed by atoms with van der Waals surface area (Å²) in [4.78, 5) is 10.1. The van der Waals surface area contributed by atoms with E-state index in [1.807, 2.05) is 0 Å². The van der Waals surface area contributed by atoms with E-state index in [4.69, 9.17) is 0 Å². The van der Waals surface area contributed by atoms with Gasteiger partial charge in [0.05, 0.1) is 10.7 Å². The van der Waals surface area contributed by atoms with Crippen molar-refractivity contribution in [2.75, 3.05) is 23.9 Å². The van der Waals surface area contributed by atoms with Gasteiger partial charge in [-0.15, -0.1) is 0 Å². The van der Waals surface area contributed by atoms with Gasteiger partial charge in [-0.25, -0.2) is 8.42 Å². The fourth-order valence-electron chi connectivity index (χ4n) is 2.10. The molecular weight excluding hydrogens is 268 g/mol. The third-order valence-electron chi connectivity index (χ3n) is 3.27. The van der Waals surface area contributed by atoms with Gasteiger partial charge in [0.15, 0.2) is 0 Å². The second-order valence-corrected chi connectivity index (χ2v) is 7.37. The van der Waals surface area contributed by atoms with Gasteiger partial charge >= 0.3 is 0 Å². The number of anilines is 1. The molecule has 1 aliphatic rings. The maximum Gasteiger partial charge on any atom is 0.269 e. The average molecular weight is 284 g/mol. The summed E-state index contributed by atoms with van der Waals surface area (Å²) >= 11 is 0. The molecule has 0 atom stereocenters. The van der Waals surface area contributed by atoms with Crippen molar-refractivity contribution in [3.8, 4) is 0 Å². The second kappa shape index (κ2) is 4.80. The van der Waals surface area contributed by atoms with E-state index in [0.717, 1.165) is 18.5 Å². The van der Waals surface area contributed by atoms with Crippen molar-refractivity contribution in [1.82, 2.24) is 0 Å². The molecule has 7 heteroatoms. The maximum absolute atomic E-state index is 11.3. The minimum Gasteiger partial charge on any atom is -0.384 e. The zero-order chi connectivity index (χ0) is 14.1. The number of nitrogens with one attached hydrogen (secondary N) is 1. The van der Waals surface area contributed by atoms with Crippen LogP contribution >= 0.6 is 0 Å². The van der Waals surface area contributed by atoms with Crippen molar-refractivity contribution in [1.29, 1.82) is 0 Å². The highest BCUT2D eigenvalue weighted by molar-refractivity contribution is 7.90. The van der Waals surface area contributed by atoms with Crippen molar-refractivity contribution >= 4 is 21.2 Å². The third kappa shape index (κ3) is 3.92. The van der Waals surface area contributed by atoms with Crippen molar-refractivity contribution in [3.63, 3.8) is 0 Å². The number of benzene rings is 1. The van der Waals surface area contributed by atoms with E-state index in [-0.39, 0.29) is 16.9 Å². The monoisotopic (exact) mass is 284 g/mol. The Labute approximate surface area is 111 Å². The molecule has 1 N–H and O–H groups in total. The van der Waals surface area contributed by atoms with Gasteiger partial charge in [-0.05, 0) is 25.0 Å². The van der Waals surface area contributed by atoms with Crippen LogP contribution in [0.25, 0.3) is 0 Å². The molecule has 0 radical (unpaired) electrons. The van der Waals surface area contributed by atoms with Crippen LogP contribution in [0.4, 0.5) is 11.4 Å². The minimum absolute atomic E-state index is 0.0443. The zero-order valence-corrected chi connectivity index (χ0v) is 11.4. The van der Waals surface area contributed by atoms with E-state index in [9.17, 15) is 18.5 Å². The molecule has 19 heavy (non-hydrogen) atoms. The van der Waals surface area contributed by atoms with Gasteiger partial charge in [0.25, 0.3) is 5.69 Å². The Morgan fingerprint density at radius 2 is 1.89 bits per heavy atom. The summed E-state index contributed by atoms with van der Waals surface area (Å²) < 4.78 is 22.6. The van der Waals surface area contributed by atoms with Gasteiger partial charge in [0.1, 0.15) is 9.84 Å². The Morgan fingerprint density at radius 1 is 1.32 bits per heavy atom. The van der Waals surface area contributed by atoms with Gasteiger partial charge in [0, 0.05) is 36.0 Å². The van der Waals surface area contributed by atoms with Crippen LogP contribution in [0, 0.1) is 15.5 Å². The summed E-state index contributed by atoms with van der Waals surface area (Å²) in [6, 6.07) is 6.13. The molecule has 0 heterocycles. The summed E-state index contributed by atoms with van der Waals surface area (Å²) in [7, 11) is -2.97. The van der Waals surface area contributed by atoms with Crippen molar-refractivity contribution in [3.05, 3.63) is 34.4 Å². The highest BCUT2D eigenvalue weighted by atomic mass is 32.2. The molecule has 1 aliphatic carbocycles. The molecule has 0 spiro atoms. The number of non-ortho nitro benzene ring substituents is 1. The van der Waals surface area contributed by atoms with Crippen LogP contribution < -0.4 is 5.32 Å². The maximum atomic E-state index is 11.3. The average Bonchev–Trinajstić information content (AvgIpc) is 3.05. The van der Waals surface area contributed by atoms with Crippen LogP contribution in [0.2, 0.25) is 0 Å². The highest BCUT2D eigenvalue weighted by Crippen LogP contribution is 2.46. The first-order chi connectivity index (χ1) is 8.80. The van der Waals surface area contributed by atoms with Crippen molar-refractivity contribution in [2.45, 2.75) is 12.8 Å². The normalized spacial score (nSPS) is 16.9. The molecule has 1 fully saturated rings. The minimum atomic E-state index is -2.97. The fraction of sp³-hybridized carbons (Fsp3) is 0.500. The van der Waals surface area contributed by atoms with Gasteiger partial charge in [0.2, 0.25) is 0 Å². The Bertz CT molecular complexity index is 576. The lowest BCUT2D eigenvalue weighted by Crippen LogP contribution is -2.24. The molecule has 1 aromatic rings. The van der Waals surface area contributed by atoms with Crippen LogP contribution in [0.1, 0.15) is 12.8 Å². The second-order valence-electron chi connectivity index (χ2n) is 5.23. The van der Waals surface area contributed by atoms with E-state index in [2.05, 4.69) is 5.32 Å². The molecule has 0 aliphatic heterocycles. The molecule has 0 unspecified atom stereocenters. The molecule has 104 valence electrons. The highest BCUT2D eigenvalue weighted by Gasteiger charge is 2.44.